The lowest BCUT2D eigenvalue weighted by atomic mass is 10.2. The molecule has 31 heavy (non-hydrogen) atoms. The van der Waals surface area contributed by atoms with Crippen LogP contribution in [0.2, 0.25) is 15.1 Å². The lowest BCUT2D eigenvalue weighted by Gasteiger charge is -2.20. The first-order chi connectivity index (χ1) is 14.7. The van der Waals surface area contributed by atoms with E-state index < -0.39 is 0 Å². The van der Waals surface area contributed by atoms with Gasteiger partial charge in [0.15, 0.2) is 10.9 Å². The van der Waals surface area contributed by atoms with Gasteiger partial charge in [-0.05, 0) is 69.3 Å². The minimum absolute atomic E-state index is 0.0103. The second-order valence-corrected chi connectivity index (χ2v) is 9.81. The highest BCUT2D eigenvalue weighted by atomic mass is 35.5. The van der Waals surface area contributed by atoms with Crippen LogP contribution < -0.4 is 4.74 Å². The largest absolute Gasteiger partial charge is 0.486 e. The number of halogens is 3. The van der Waals surface area contributed by atoms with Crippen LogP contribution in [0.4, 0.5) is 0 Å². The molecular weight excluding hydrogens is 475 g/mol. The van der Waals surface area contributed by atoms with E-state index in [1.807, 2.05) is 45.9 Å². The average molecular weight is 498 g/mol. The molecule has 1 amide bonds. The Hall–Kier alpha value is -1.66. The van der Waals surface area contributed by atoms with E-state index >= 15 is 0 Å². The van der Waals surface area contributed by atoms with Crippen molar-refractivity contribution < 1.29 is 9.53 Å². The van der Waals surface area contributed by atoms with E-state index in [2.05, 4.69) is 4.99 Å². The Labute approximate surface area is 202 Å². The second kappa shape index (κ2) is 10.3. The zero-order valence-electron chi connectivity index (χ0n) is 17.7. The van der Waals surface area contributed by atoms with Crippen molar-refractivity contribution in [1.29, 1.82) is 0 Å². The van der Waals surface area contributed by atoms with Crippen LogP contribution in [0.5, 0.6) is 5.75 Å². The van der Waals surface area contributed by atoms with Gasteiger partial charge in [0, 0.05) is 22.7 Å². The molecular formula is C23H23Cl3N2O2S. The van der Waals surface area contributed by atoms with E-state index in [0.717, 1.165) is 5.56 Å². The number of amides is 1. The number of ether oxygens (including phenoxy) is 1. The molecule has 0 atom stereocenters. The molecule has 0 bridgehead atoms. The van der Waals surface area contributed by atoms with Crippen molar-refractivity contribution in [2.75, 3.05) is 0 Å². The summed E-state index contributed by atoms with van der Waals surface area (Å²) < 4.78 is 5.82. The number of carbonyl (C=O) groups is 1. The fraction of sp³-hybridized carbons (Fsp3) is 0.304. The molecule has 1 aliphatic heterocycles. The minimum atomic E-state index is -0.0781. The smallest absolute Gasteiger partial charge is 0.266 e. The van der Waals surface area contributed by atoms with Crippen LogP contribution in [0, 0.1) is 0 Å². The SMILES string of the molecule is CC(C)N=C1S/C(=C/c2cc(Cl)c(OCc3ccccc3Cl)c(Cl)c2)C(=O)N1C(C)C. The normalized spacial score (nSPS) is 16.9. The van der Waals surface area contributed by atoms with Crippen molar-refractivity contribution in [2.24, 2.45) is 4.99 Å². The number of hydrogen-bond acceptors (Lipinski definition) is 4. The number of nitrogens with zero attached hydrogens (tertiary/aromatic N) is 2. The Morgan fingerprint density at radius 3 is 2.29 bits per heavy atom. The summed E-state index contributed by atoms with van der Waals surface area (Å²) in [5.74, 6) is 0.298. The first-order valence-electron chi connectivity index (χ1n) is 9.83. The predicted octanol–water partition coefficient (Wildman–Crippen LogP) is 7.31. The van der Waals surface area contributed by atoms with E-state index in [1.165, 1.54) is 11.8 Å². The van der Waals surface area contributed by atoms with Gasteiger partial charge in [0.05, 0.1) is 15.0 Å². The van der Waals surface area contributed by atoms with Gasteiger partial charge in [-0.2, -0.15) is 0 Å². The molecule has 2 aromatic carbocycles. The van der Waals surface area contributed by atoms with Crippen LogP contribution in [-0.4, -0.2) is 28.1 Å². The third-order valence-electron chi connectivity index (χ3n) is 4.37. The fourth-order valence-corrected chi connectivity index (χ4v) is 5.01. The van der Waals surface area contributed by atoms with Gasteiger partial charge in [0.1, 0.15) is 6.61 Å². The topological polar surface area (TPSA) is 41.9 Å². The van der Waals surface area contributed by atoms with Crippen molar-refractivity contribution in [3.8, 4) is 5.75 Å². The van der Waals surface area contributed by atoms with Gasteiger partial charge in [0.2, 0.25) is 0 Å². The maximum Gasteiger partial charge on any atom is 0.266 e. The minimum Gasteiger partial charge on any atom is -0.486 e. The first-order valence-corrected chi connectivity index (χ1v) is 11.8. The third kappa shape index (κ3) is 5.78. The number of thioether (sulfide) groups is 1. The number of aliphatic imine (C=N–C) groups is 1. The summed E-state index contributed by atoms with van der Waals surface area (Å²) in [7, 11) is 0. The van der Waals surface area contributed by atoms with Crippen molar-refractivity contribution in [3.63, 3.8) is 0 Å². The van der Waals surface area contributed by atoms with Crippen LogP contribution in [0.25, 0.3) is 6.08 Å². The lowest BCUT2D eigenvalue weighted by Crippen LogP contribution is -2.35. The number of amidine groups is 1. The summed E-state index contributed by atoms with van der Waals surface area (Å²) in [5.41, 5.74) is 1.55. The molecule has 0 spiro atoms. The molecule has 8 heteroatoms. The van der Waals surface area contributed by atoms with Gasteiger partial charge in [-0.3, -0.25) is 14.7 Å². The highest BCUT2D eigenvalue weighted by Gasteiger charge is 2.35. The zero-order chi connectivity index (χ0) is 22.7. The van der Waals surface area contributed by atoms with Crippen molar-refractivity contribution in [3.05, 3.63) is 67.5 Å². The van der Waals surface area contributed by atoms with E-state index in [1.54, 1.807) is 29.2 Å². The van der Waals surface area contributed by atoms with Gasteiger partial charge < -0.3 is 4.74 Å². The maximum atomic E-state index is 12.9. The average Bonchev–Trinajstić information content (AvgIpc) is 2.96. The molecule has 0 radical (unpaired) electrons. The van der Waals surface area contributed by atoms with Gasteiger partial charge >= 0.3 is 0 Å². The summed E-state index contributed by atoms with van der Waals surface area (Å²) in [4.78, 5) is 19.8. The van der Waals surface area contributed by atoms with Crippen molar-refractivity contribution >= 4 is 63.7 Å². The second-order valence-electron chi connectivity index (χ2n) is 7.58. The van der Waals surface area contributed by atoms with Crippen LogP contribution in [0.3, 0.4) is 0 Å². The molecule has 0 aliphatic carbocycles. The Morgan fingerprint density at radius 1 is 1.06 bits per heavy atom. The zero-order valence-corrected chi connectivity index (χ0v) is 20.7. The summed E-state index contributed by atoms with van der Waals surface area (Å²) >= 11 is 20.4. The van der Waals surface area contributed by atoms with Gasteiger partial charge in [-0.1, -0.05) is 53.0 Å². The quantitative estimate of drug-likeness (QED) is 0.393. The van der Waals surface area contributed by atoms with Crippen LogP contribution in [0.15, 0.2) is 46.3 Å². The Balaban J connectivity index is 1.85. The maximum absolute atomic E-state index is 12.9. The van der Waals surface area contributed by atoms with E-state index in [9.17, 15) is 4.79 Å². The van der Waals surface area contributed by atoms with Gasteiger partial charge in [-0.25, -0.2) is 0 Å². The molecule has 2 aromatic rings. The monoisotopic (exact) mass is 496 g/mol. The predicted molar refractivity (Wildman–Crippen MR) is 132 cm³/mol. The molecule has 164 valence electrons. The molecule has 1 heterocycles. The summed E-state index contributed by atoms with van der Waals surface area (Å²) in [6.45, 7) is 8.15. The van der Waals surface area contributed by atoms with E-state index in [-0.39, 0.29) is 24.6 Å². The Kier molecular flexibility index (Phi) is 7.98. The highest BCUT2D eigenvalue weighted by molar-refractivity contribution is 8.18. The lowest BCUT2D eigenvalue weighted by molar-refractivity contribution is -0.123. The Morgan fingerprint density at radius 2 is 1.71 bits per heavy atom. The summed E-state index contributed by atoms with van der Waals surface area (Å²) in [6, 6.07) is 11.0. The van der Waals surface area contributed by atoms with Crippen molar-refractivity contribution in [2.45, 2.75) is 46.4 Å². The number of carbonyl (C=O) groups excluding carboxylic acids is 1. The fourth-order valence-electron chi connectivity index (χ4n) is 2.97. The molecule has 0 saturated carbocycles. The van der Waals surface area contributed by atoms with Crippen LogP contribution >= 0.6 is 46.6 Å². The molecule has 1 aliphatic rings. The highest BCUT2D eigenvalue weighted by Crippen LogP contribution is 2.38. The molecule has 1 saturated heterocycles. The van der Waals surface area contributed by atoms with E-state index in [0.29, 0.717) is 36.5 Å². The molecule has 0 unspecified atom stereocenters. The number of benzene rings is 2. The number of hydrogen-bond donors (Lipinski definition) is 0. The standard InChI is InChI=1S/C23H23Cl3N2O2S/c1-13(2)27-23-28(14(3)4)22(29)20(31-23)11-15-9-18(25)21(19(26)10-15)30-12-16-7-5-6-8-17(16)24/h5-11,13-14H,12H2,1-4H3/b20-11+,27-23?. The Bertz CT molecular complexity index is 1030. The molecule has 4 nitrogen and oxygen atoms in total. The van der Waals surface area contributed by atoms with Gasteiger partial charge in [0.25, 0.3) is 5.91 Å². The van der Waals surface area contributed by atoms with Gasteiger partial charge in [-0.15, -0.1) is 0 Å². The summed E-state index contributed by atoms with van der Waals surface area (Å²) in [5, 5.41) is 2.04. The molecule has 0 N–H and O–H groups in total. The van der Waals surface area contributed by atoms with Crippen LogP contribution in [0.1, 0.15) is 38.8 Å². The molecule has 1 fully saturated rings. The molecule has 0 aromatic heterocycles. The first kappa shape index (κ1) is 24.0. The molecule has 3 rings (SSSR count). The summed E-state index contributed by atoms with van der Waals surface area (Å²) in [6.07, 6.45) is 1.78. The van der Waals surface area contributed by atoms with E-state index in [4.69, 9.17) is 39.5 Å². The van der Waals surface area contributed by atoms with Crippen molar-refractivity contribution in [1.82, 2.24) is 4.90 Å². The number of rotatable bonds is 6. The van der Waals surface area contributed by atoms with Crippen LogP contribution in [-0.2, 0) is 11.4 Å². The third-order valence-corrected chi connectivity index (χ3v) is 6.30.